The number of piperazine rings is 1. The number of aromatic nitrogens is 1. The first-order valence-electron chi connectivity index (χ1n) is 17.6. The molecule has 274 valence electrons. The van der Waals surface area contributed by atoms with Gasteiger partial charge in [0.05, 0.1) is 38.1 Å². The van der Waals surface area contributed by atoms with Gasteiger partial charge in [0.2, 0.25) is 5.91 Å². The van der Waals surface area contributed by atoms with Gasteiger partial charge >= 0.3 is 0 Å². The predicted octanol–water partition coefficient (Wildman–Crippen LogP) is 5.44. The predicted molar refractivity (Wildman–Crippen MR) is 192 cm³/mol. The second-order valence-electron chi connectivity index (χ2n) is 14.2. The lowest BCUT2D eigenvalue weighted by Crippen LogP contribution is -2.61. The molecule has 2 aromatic carbocycles. The maximum Gasteiger partial charge on any atom is 0.275 e. The molecule has 51 heavy (non-hydrogen) atoms. The Bertz CT molecular complexity index is 1840. The minimum absolute atomic E-state index is 0.0621. The zero-order valence-electron chi connectivity index (χ0n) is 30.2. The van der Waals surface area contributed by atoms with Crippen LogP contribution in [0.3, 0.4) is 0 Å². The van der Waals surface area contributed by atoms with Gasteiger partial charge in [-0.2, -0.15) is 0 Å². The van der Waals surface area contributed by atoms with Crippen molar-refractivity contribution in [3.05, 3.63) is 87.2 Å². The van der Waals surface area contributed by atoms with Gasteiger partial charge in [-0.3, -0.25) is 19.4 Å². The van der Waals surface area contributed by atoms with E-state index in [4.69, 9.17) is 9.47 Å². The van der Waals surface area contributed by atoms with Crippen LogP contribution in [0.5, 0.6) is 11.5 Å². The Kier molecular flexibility index (Phi) is 10.6. The first-order valence-corrected chi connectivity index (χ1v) is 17.6. The summed E-state index contributed by atoms with van der Waals surface area (Å²) in [5, 5.41) is 2.78. The molecule has 4 heterocycles. The van der Waals surface area contributed by atoms with Gasteiger partial charge in [-0.15, -0.1) is 0 Å². The summed E-state index contributed by atoms with van der Waals surface area (Å²) in [7, 11) is 4.82. The second-order valence-corrected chi connectivity index (χ2v) is 14.2. The van der Waals surface area contributed by atoms with Crippen LogP contribution in [0.4, 0.5) is 18.9 Å². The molecule has 0 saturated carbocycles. The van der Waals surface area contributed by atoms with Crippen molar-refractivity contribution in [3.8, 4) is 22.6 Å². The number of halogens is 3. The molecular weight excluding hydrogens is 659 g/mol. The highest BCUT2D eigenvalue weighted by molar-refractivity contribution is 5.81. The number of nitrogens with zero attached hydrogens (tertiary/aromatic N) is 4. The minimum atomic E-state index is -2.96. The van der Waals surface area contributed by atoms with E-state index in [0.29, 0.717) is 79.6 Å². The van der Waals surface area contributed by atoms with Crippen molar-refractivity contribution < 1.29 is 27.4 Å². The highest BCUT2D eigenvalue weighted by Gasteiger charge is 2.48. The van der Waals surface area contributed by atoms with Crippen molar-refractivity contribution >= 4 is 11.6 Å². The number of benzene rings is 2. The summed E-state index contributed by atoms with van der Waals surface area (Å²) in [6, 6.07) is 7.92. The summed E-state index contributed by atoms with van der Waals surface area (Å²) < 4.78 is 60.2. The number of nitrogens with one attached hydrogen (secondary N) is 1. The number of rotatable bonds is 9. The number of aryl methyl sites for hydroxylation is 1. The SMILES string of the molecule is C=C1CC[C@@H](Cc2ccc(N3CCN([C@@H]4CCN(Cc5c(OC)cc(-c6cn(C)c(=O)c(C)c6C)cc5OC)CC4(F)F)CC3)c(F)c2)C(=O)N1. The van der Waals surface area contributed by atoms with E-state index in [0.717, 1.165) is 28.7 Å². The number of allylic oxidation sites excluding steroid dienone is 1. The average molecular weight is 708 g/mol. The fourth-order valence-corrected chi connectivity index (χ4v) is 7.88. The number of amides is 1. The van der Waals surface area contributed by atoms with Crippen molar-refractivity contribution in [1.82, 2.24) is 19.7 Å². The van der Waals surface area contributed by atoms with Crippen LogP contribution >= 0.6 is 0 Å². The molecule has 1 amide bonds. The van der Waals surface area contributed by atoms with E-state index in [1.54, 1.807) is 49.9 Å². The summed E-state index contributed by atoms with van der Waals surface area (Å²) >= 11 is 0. The summed E-state index contributed by atoms with van der Waals surface area (Å²) in [6.45, 7) is 9.49. The molecule has 3 aliphatic rings. The molecule has 3 fully saturated rings. The molecule has 9 nitrogen and oxygen atoms in total. The Hall–Kier alpha value is -4.29. The topological polar surface area (TPSA) is 79.3 Å². The molecule has 0 radical (unpaired) electrons. The highest BCUT2D eigenvalue weighted by atomic mass is 19.3. The van der Waals surface area contributed by atoms with Crippen molar-refractivity contribution in [2.75, 3.05) is 58.4 Å². The number of ether oxygens (including phenoxy) is 2. The number of hydrogen-bond donors (Lipinski definition) is 1. The van der Waals surface area contributed by atoms with Gasteiger partial charge in [0, 0.05) is 75.3 Å². The average Bonchev–Trinajstić information content (AvgIpc) is 3.10. The van der Waals surface area contributed by atoms with Crippen LogP contribution in [0.1, 0.15) is 41.5 Å². The quantitative estimate of drug-likeness (QED) is 0.318. The Morgan fingerprint density at radius 1 is 0.961 bits per heavy atom. The fraction of sp³-hybridized carbons (Fsp3) is 0.487. The number of piperidine rings is 2. The van der Waals surface area contributed by atoms with E-state index in [9.17, 15) is 9.59 Å². The Morgan fingerprint density at radius 3 is 2.25 bits per heavy atom. The molecule has 1 N–H and O–H groups in total. The summed E-state index contributed by atoms with van der Waals surface area (Å²) in [4.78, 5) is 30.3. The third-order valence-corrected chi connectivity index (χ3v) is 10.9. The van der Waals surface area contributed by atoms with Crippen LogP contribution < -0.4 is 25.2 Å². The molecule has 2 atom stereocenters. The lowest BCUT2D eigenvalue weighted by Gasteiger charge is -2.46. The Balaban J connectivity index is 1.09. The van der Waals surface area contributed by atoms with Gasteiger partial charge in [-0.05, 0) is 80.5 Å². The Morgan fingerprint density at radius 2 is 1.65 bits per heavy atom. The fourth-order valence-electron chi connectivity index (χ4n) is 7.88. The van der Waals surface area contributed by atoms with E-state index in [1.807, 2.05) is 34.9 Å². The van der Waals surface area contributed by atoms with Crippen LogP contribution in [0.2, 0.25) is 0 Å². The standard InChI is InChI=1S/C39H48F3N5O4/c1-24-7-9-28(37(48)43-24)17-27-8-10-33(32(40)18-27)46-13-15-47(16-14-46)36-11-12-45(23-39(36,41)42)22-31-34(50-5)19-29(20-35(31)51-6)30-21-44(4)38(49)26(3)25(30)2/h8,10,18-21,28,36H,1,7,9,11-17,22-23H2,2-6H3,(H,43,48)/t28-,36+/m0/s1. The zero-order chi connectivity index (χ0) is 36.6. The number of pyridine rings is 1. The van der Waals surface area contributed by atoms with E-state index >= 15 is 13.2 Å². The first kappa shape index (κ1) is 36.5. The van der Waals surface area contributed by atoms with Crippen molar-refractivity contribution in [3.63, 3.8) is 0 Å². The lowest BCUT2D eigenvalue weighted by molar-refractivity contribution is -0.129. The molecule has 12 heteroatoms. The number of methoxy groups -OCH3 is 2. The smallest absolute Gasteiger partial charge is 0.275 e. The van der Waals surface area contributed by atoms with Gasteiger partial charge in [-0.25, -0.2) is 13.2 Å². The number of alkyl halides is 2. The highest BCUT2D eigenvalue weighted by Crippen LogP contribution is 2.39. The van der Waals surface area contributed by atoms with Crippen LogP contribution in [0.15, 0.2) is 53.6 Å². The summed E-state index contributed by atoms with van der Waals surface area (Å²) in [6.07, 6.45) is 3.94. The maximum atomic E-state index is 15.9. The zero-order valence-corrected chi connectivity index (χ0v) is 30.2. The monoisotopic (exact) mass is 707 g/mol. The number of carbonyl (C=O) groups is 1. The van der Waals surface area contributed by atoms with Crippen LogP contribution in [0, 0.1) is 25.6 Å². The molecule has 0 aliphatic carbocycles. The third kappa shape index (κ3) is 7.53. The third-order valence-electron chi connectivity index (χ3n) is 10.9. The number of carbonyl (C=O) groups excluding carboxylic acids is 1. The van der Waals surface area contributed by atoms with Crippen molar-refractivity contribution in [2.45, 2.75) is 58.0 Å². The van der Waals surface area contributed by atoms with Crippen molar-refractivity contribution in [2.24, 2.45) is 13.0 Å². The van der Waals surface area contributed by atoms with Gasteiger partial charge in [0.1, 0.15) is 17.3 Å². The van der Waals surface area contributed by atoms with E-state index in [2.05, 4.69) is 11.9 Å². The maximum absolute atomic E-state index is 15.9. The molecule has 3 aromatic rings. The minimum Gasteiger partial charge on any atom is -0.496 e. The van der Waals surface area contributed by atoms with Crippen LogP contribution in [-0.2, 0) is 24.8 Å². The van der Waals surface area contributed by atoms with Crippen LogP contribution in [-0.4, -0.2) is 85.7 Å². The largest absolute Gasteiger partial charge is 0.496 e. The molecule has 3 aliphatic heterocycles. The molecule has 6 rings (SSSR count). The van der Waals surface area contributed by atoms with E-state index in [1.165, 1.54) is 6.07 Å². The van der Waals surface area contributed by atoms with E-state index in [-0.39, 0.29) is 36.2 Å². The molecular formula is C39H48F3N5O4. The number of hydrogen-bond acceptors (Lipinski definition) is 7. The normalized spacial score (nSPS) is 21.5. The van der Waals surface area contributed by atoms with Crippen molar-refractivity contribution in [1.29, 1.82) is 0 Å². The molecule has 0 unspecified atom stereocenters. The van der Waals surface area contributed by atoms with Crippen LogP contribution in [0.25, 0.3) is 11.1 Å². The Labute approximate surface area is 297 Å². The summed E-state index contributed by atoms with van der Waals surface area (Å²) in [5.41, 5.74) is 5.74. The second kappa shape index (κ2) is 14.7. The molecule has 3 saturated heterocycles. The van der Waals surface area contributed by atoms with Gasteiger partial charge in [0.15, 0.2) is 0 Å². The first-order chi connectivity index (χ1) is 24.3. The number of likely N-dealkylation sites (tertiary alicyclic amines) is 1. The van der Waals surface area contributed by atoms with Gasteiger partial charge < -0.3 is 24.3 Å². The molecule has 0 bridgehead atoms. The molecule has 0 spiro atoms. The summed E-state index contributed by atoms with van der Waals surface area (Å²) in [5.74, 6) is -2.56. The number of anilines is 1. The molecule has 1 aromatic heterocycles. The van der Waals surface area contributed by atoms with Gasteiger partial charge in [0.25, 0.3) is 11.5 Å². The lowest BCUT2D eigenvalue weighted by atomic mass is 9.90. The van der Waals surface area contributed by atoms with E-state index < -0.39 is 18.5 Å². The van der Waals surface area contributed by atoms with Gasteiger partial charge in [-0.1, -0.05) is 12.6 Å².